The van der Waals surface area contributed by atoms with Gasteiger partial charge in [-0.25, -0.2) is 0 Å². The lowest BCUT2D eigenvalue weighted by Gasteiger charge is -2.14. The van der Waals surface area contributed by atoms with Crippen molar-refractivity contribution in [2.75, 3.05) is 13.1 Å². The molecule has 2 heterocycles. The number of amides is 1. The van der Waals surface area contributed by atoms with E-state index in [2.05, 4.69) is 32.8 Å². The van der Waals surface area contributed by atoms with Crippen LogP contribution in [0.5, 0.6) is 0 Å². The van der Waals surface area contributed by atoms with Crippen LogP contribution in [0.2, 0.25) is 0 Å². The van der Waals surface area contributed by atoms with Crippen molar-refractivity contribution >= 4 is 16.8 Å². The maximum atomic E-state index is 12.2. The first-order valence-corrected chi connectivity index (χ1v) is 8.68. The van der Waals surface area contributed by atoms with Crippen molar-refractivity contribution in [2.45, 2.75) is 32.9 Å². The van der Waals surface area contributed by atoms with E-state index in [4.69, 9.17) is 0 Å². The van der Waals surface area contributed by atoms with Crippen molar-refractivity contribution in [3.63, 3.8) is 0 Å². The van der Waals surface area contributed by atoms with Gasteiger partial charge in [-0.2, -0.15) is 5.10 Å². The van der Waals surface area contributed by atoms with Gasteiger partial charge in [0.15, 0.2) is 0 Å². The molecule has 3 rings (SSSR count). The summed E-state index contributed by atoms with van der Waals surface area (Å²) in [4.78, 5) is 15.4. The first kappa shape index (κ1) is 17.2. The quantitative estimate of drug-likeness (QED) is 0.588. The van der Waals surface area contributed by atoms with E-state index < -0.39 is 0 Å². The highest BCUT2D eigenvalue weighted by Gasteiger charge is 2.11. The lowest BCUT2D eigenvalue weighted by Crippen LogP contribution is -2.43. The highest BCUT2D eigenvalue weighted by atomic mass is 16.2. The molecular formula is C19H25N5O. The van der Waals surface area contributed by atoms with Crippen LogP contribution < -0.4 is 10.6 Å². The zero-order valence-corrected chi connectivity index (χ0v) is 14.7. The van der Waals surface area contributed by atoms with Crippen LogP contribution in [0.4, 0.5) is 0 Å². The van der Waals surface area contributed by atoms with Gasteiger partial charge in [0, 0.05) is 36.4 Å². The first-order valence-electron chi connectivity index (χ1n) is 8.68. The number of H-pyrrole nitrogens is 1. The molecule has 2 aromatic heterocycles. The number of aryl methyl sites for hydroxylation is 1. The van der Waals surface area contributed by atoms with Gasteiger partial charge >= 0.3 is 0 Å². The lowest BCUT2D eigenvalue weighted by molar-refractivity contribution is -0.122. The highest BCUT2D eigenvalue weighted by molar-refractivity contribution is 5.83. The second-order valence-corrected chi connectivity index (χ2v) is 6.36. The molecule has 1 aromatic carbocycles. The van der Waals surface area contributed by atoms with Gasteiger partial charge in [-0.1, -0.05) is 18.2 Å². The third-order valence-electron chi connectivity index (χ3n) is 4.32. The number of rotatable bonds is 8. The Morgan fingerprint density at radius 1 is 1.32 bits per heavy atom. The monoisotopic (exact) mass is 339 g/mol. The Bertz CT molecular complexity index is 835. The Kier molecular flexibility index (Phi) is 5.50. The summed E-state index contributed by atoms with van der Waals surface area (Å²) in [6.07, 6.45) is 6.66. The van der Waals surface area contributed by atoms with E-state index in [9.17, 15) is 4.79 Å². The minimum absolute atomic E-state index is 0.0245. The maximum Gasteiger partial charge on any atom is 0.236 e. The Labute approximate surface area is 147 Å². The number of fused-ring (bicyclic) bond motifs is 1. The summed E-state index contributed by atoms with van der Waals surface area (Å²) in [6, 6.07) is 7.99. The molecule has 0 saturated carbocycles. The average molecular weight is 339 g/mol. The summed E-state index contributed by atoms with van der Waals surface area (Å²) in [5.74, 6) is 0.0245. The topological polar surface area (TPSA) is 74.7 Å². The van der Waals surface area contributed by atoms with E-state index in [0.717, 1.165) is 24.0 Å². The minimum atomic E-state index is -0.223. The van der Waals surface area contributed by atoms with E-state index in [-0.39, 0.29) is 11.9 Å². The lowest BCUT2D eigenvalue weighted by atomic mass is 10.1. The molecule has 132 valence electrons. The van der Waals surface area contributed by atoms with Crippen molar-refractivity contribution in [3.8, 4) is 0 Å². The van der Waals surface area contributed by atoms with Gasteiger partial charge in [-0.3, -0.25) is 9.48 Å². The van der Waals surface area contributed by atoms with Crippen LogP contribution in [0.15, 0.2) is 42.9 Å². The van der Waals surface area contributed by atoms with Crippen molar-refractivity contribution in [3.05, 3.63) is 54.0 Å². The highest BCUT2D eigenvalue weighted by Crippen LogP contribution is 2.17. The molecular weight excluding hydrogens is 314 g/mol. The number of benzene rings is 1. The molecule has 0 aliphatic heterocycles. The fraction of sp³-hybridized carbons (Fsp3) is 0.368. The molecule has 0 bridgehead atoms. The zero-order chi connectivity index (χ0) is 17.6. The number of hydrogen-bond donors (Lipinski definition) is 3. The number of aromatic amines is 1. The molecule has 0 aliphatic rings. The van der Waals surface area contributed by atoms with Gasteiger partial charge < -0.3 is 15.6 Å². The molecule has 1 amide bonds. The molecule has 0 spiro atoms. The standard InChI is InChI=1S/C19H25N5O/c1-14-11-23-24(13-14)10-9-20-15(2)19(25)21-8-7-16-12-22-18-6-4-3-5-17(16)18/h3-6,11-13,15,20,22H,7-10H2,1-2H3,(H,21,25)/t15-/m1/s1. The number of para-hydroxylation sites is 1. The molecule has 6 heteroatoms. The van der Waals surface area contributed by atoms with Crippen LogP contribution in [0, 0.1) is 6.92 Å². The number of nitrogens with one attached hydrogen (secondary N) is 3. The number of hydrogen-bond acceptors (Lipinski definition) is 3. The summed E-state index contributed by atoms with van der Waals surface area (Å²) in [7, 11) is 0. The van der Waals surface area contributed by atoms with Crippen LogP contribution in [0.1, 0.15) is 18.1 Å². The van der Waals surface area contributed by atoms with E-state index in [1.54, 1.807) is 0 Å². The predicted molar refractivity (Wildman–Crippen MR) is 99.4 cm³/mol. The third kappa shape index (κ3) is 4.48. The number of nitrogens with zero attached hydrogens (tertiary/aromatic N) is 2. The van der Waals surface area contributed by atoms with E-state index >= 15 is 0 Å². The molecule has 0 fully saturated rings. The van der Waals surface area contributed by atoms with Gasteiger partial charge in [0.25, 0.3) is 0 Å². The van der Waals surface area contributed by atoms with E-state index in [1.165, 1.54) is 10.9 Å². The van der Waals surface area contributed by atoms with Gasteiger partial charge in [0.1, 0.15) is 0 Å². The molecule has 1 atom stereocenters. The first-order chi connectivity index (χ1) is 12.1. The van der Waals surface area contributed by atoms with Gasteiger partial charge in [-0.15, -0.1) is 0 Å². The normalized spacial score (nSPS) is 12.4. The largest absolute Gasteiger partial charge is 0.361 e. The van der Waals surface area contributed by atoms with E-state index in [0.29, 0.717) is 13.1 Å². The van der Waals surface area contributed by atoms with Gasteiger partial charge in [0.2, 0.25) is 5.91 Å². The summed E-state index contributed by atoms with van der Waals surface area (Å²) in [6.45, 7) is 5.99. The third-order valence-corrected chi connectivity index (χ3v) is 4.32. The van der Waals surface area contributed by atoms with Gasteiger partial charge in [0.05, 0.1) is 18.8 Å². The molecule has 0 radical (unpaired) electrons. The smallest absolute Gasteiger partial charge is 0.236 e. The second kappa shape index (κ2) is 7.98. The molecule has 0 saturated heterocycles. The van der Waals surface area contributed by atoms with Crippen LogP contribution in [0.25, 0.3) is 10.9 Å². The van der Waals surface area contributed by atoms with Crippen molar-refractivity contribution in [1.29, 1.82) is 0 Å². The number of aromatic nitrogens is 3. The summed E-state index contributed by atoms with van der Waals surface area (Å²) >= 11 is 0. The summed E-state index contributed by atoms with van der Waals surface area (Å²) < 4.78 is 1.88. The van der Waals surface area contributed by atoms with Gasteiger partial charge in [-0.05, 0) is 37.5 Å². The van der Waals surface area contributed by atoms with Crippen LogP contribution >= 0.6 is 0 Å². The maximum absolute atomic E-state index is 12.2. The number of carbonyl (C=O) groups excluding carboxylic acids is 1. The van der Waals surface area contributed by atoms with Crippen LogP contribution in [-0.4, -0.2) is 39.8 Å². The second-order valence-electron chi connectivity index (χ2n) is 6.36. The van der Waals surface area contributed by atoms with Crippen LogP contribution in [0.3, 0.4) is 0 Å². The summed E-state index contributed by atoms with van der Waals surface area (Å²) in [5, 5.41) is 11.7. The molecule has 6 nitrogen and oxygen atoms in total. The average Bonchev–Trinajstić information content (AvgIpc) is 3.21. The fourth-order valence-corrected chi connectivity index (χ4v) is 2.89. The predicted octanol–water partition coefficient (Wildman–Crippen LogP) is 2.01. The van der Waals surface area contributed by atoms with Crippen molar-refractivity contribution in [2.24, 2.45) is 0 Å². The summed E-state index contributed by atoms with van der Waals surface area (Å²) in [5.41, 5.74) is 3.50. The zero-order valence-electron chi connectivity index (χ0n) is 14.7. The molecule has 0 aliphatic carbocycles. The van der Waals surface area contributed by atoms with Crippen molar-refractivity contribution in [1.82, 2.24) is 25.4 Å². The Balaban J connectivity index is 1.39. The molecule has 25 heavy (non-hydrogen) atoms. The SMILES string of the molecule is Cc1cnn(CCN[C@H](C)C(=O)NCCc2c[nH]c3ccccc23)c1. The van der Waals surface area contributed by atoms with Crippen molar-refractivity contribution < 1.29 is 4.79 Å². The Hall–Kier alpha value is -2.60. The minimum Gasteiger partial charge on any atom is -0.361 e. The Morgan fingerprint density at radius 2 is 2.16 bits per heavy atom. The molecule has 0 unspecified atom stereocenters. The molecule has 3 N–H and O–H groups in total. The van der Waals surface area contributed by atoms with Crippen LogP contribution in [-0.2, 0) is 17.8 Å². The Morgan fingerprint density at radius 3 is 2.96 bits per heavy atom. The van der Waals surface area contributed by atoms with E-state index in [1.807, 2.05) is 49.3 Å². The number of carbonyl (C=O) groups is 1. The molecule has 3 aromatic rings. The fourth-order valence-electron chi connectivity index (χ4n) is 2.89.